The number of ketones is 3. The first-order valence-electron chi connectivity index (χ1n) is 12.8. The van der Waals surface area contributed by atoms with Gasteiger partial charge in [-0.05, 0) is 13.0 Å². The summed E-state index contributed by atoms with van der Waals surface area (Å²) in [6, 6.07) is 3.76. The molecular formula is C28H31NO10. The summed E-state index contributed by atoms with van der Waals surface area (Å²) in [4.78, 5) is 40.1. The maximum absolute atomic E-state index is 13.7. The average Bonchev–Trinajstić information content (AvgIpc) is 2.90. The number of aromatic hydroxyl groups is 2. The number of aliphatic hydroxyl groups excluding tert-OH is 1. The minimum Gasteiger partial charge on any atom is -0.507 e. The second kappa shape index (κ2) is 9.68. The lowest BCUT2D eigenvalue weighted by molar-refractivity contribution is -0.247. The van der Waals surface area contributed by atoms with Crippen molar-refractivity contribution in [2.75, 3.05) is 7.11 Å². The lowest BCUT2D eigenvalue weighted by Gasteiger charge is -2.42. The van der Waals surface area contributed by atoms with Crippen molar-refractivity contribution in [3.8, 4) is 17.2 Å². The Balaban J connectivity index is 1.69. The van der Waals surface area contributed by atoms with E-state index in [4.69, 9.17) is 19.9 Å². The fourth-order valence-electron chi connectivity index (χ4n) is 5.93. The molecule has 6 atom stereocenters. The molecule has 0 radical (unpaired) electrons. The average molecular weight is 542 g/mol. The third-order valence-electron chi connectivity index (χ3n) is 7.98. The molecule has 11 heteroatoms. The zero-order valence-corrected chi connectivity index (χ0v) is 21.8. The zero-order chi connectivity index (χ0) is 28.4. The molecule has 39 heavy (non-hydrogen) atoms. The van der Waals surface area contributed by atoms with Crippen LogP contribution in [0.4, 0.5) is 0 Å². The molecular weight excluding hydrogens is 510 g/mol. The van der Waals surface area contributed by atoms with Crippen LogP contribution in [-0.2, 0) is 20.7 Å². The minimum atomic E-state index is -1.99. The predicted molar refractivity (Wildman–Crippen MR) is 135 cm³/mol. The Morgan fingerprint density at radius 2 is 1.85 bits per heavy atom. The number of Topliss-reactive ketones (excluding diaryl/α,β-unsaturated/α-hetero) is 1. The quantitative estimate of drug-likeness (QED) is 0.294. The SMILES string of the molecule is CCC(=O)[C@]1(O)Cc2c(O)c3c(c(O)c2[C@@H](O[C@H]2C[C@H](N)[C@@H](O)[C@H](C)O2)C1)C(=O)c1c(OC)cccc1C3=O. The van der Waals surface area contributed by atoms with Gasteiger partial charge in [0.15, 0.2) is 17.9 Å². The first-order valence-corrected chi connectivity index (χ1v) is 12.8. The third kappa shape index (κ3) is 4.12. The van der Waals surface area contributed by atoms with Gasteiger partial charge in [0.05, 0.1) is 42.1 Å². The highest BCUT2D eigenvalue weighted by Gasteiger charge is 2.49. The van der Waals surface area contributed by atoms with E-state index in [0.717, 1.165) is 0 Å². The summed E-state index contributed by atoms with van der Waals surface area (Å²) < 4.78 is 17.1. The van der Waals surface area contributed by atoms with Crippen LogP contribution in [0.5, 0.6) is 17.2 Å². The number of fused-ring (bicyclic) bond motifs is 3. The Labute approximate surface area is 224 Å². The Morgan fingerprint density at radius 3 is 2.49 bits per heavy atom. The lowest BCUT2D eigenvalue weighted by atomic mass is 9.71. The summed E-state index contributed by atoms with van der Waals surface area (Å²) in [5.74, 6) is -3.07. The van der Waals surface area contributed by atoms with E-state index in [-0.39, 0.29) is 47.3 Å². The van der Waals surface area contributed by atoms with Crippen molar-refractivity contribution < 1.29 is 49.0 Å². The summed E-state index contributed by atoms with van der Waals surface area (Å²) in [7, 11) is 1.34. The summed E-state index contributed by atoms with van der Waals surface area (Å²) in [5, 5.41) is 44.5. The number of hydrogen-bond donors (Lipinski definition) is 5. The number of aliphatic hydroxyl groups is 2. The number of nitrogens with two attached hydrogens (primary N) is 1. The molecule has 2 aromatic carbocycles. The highest BCUT2D eigenvalue weighted by Crippen LogP contribution is 2.52. The summed E-state index contributed by atoms with van der Waals surface area (Å²) >= 11 is 0. The molecule has 0 spiro atoms. The van der Waals surface area contributed by atoms with Crippen LogP contribution < -0.4 is 10.5 Å². The number of ether oxygens (including phenoxy) is 3. The van der Waals surface area contributed by atoms with E-state index in [1.54, 1.807) is 13.8 Å². The Bertz CT molecular complexity index is 1380. The predicted octanol–water partition coefficient (Wildman–Crippen LogP) is 1.42. The zero-order valence-electron chi connectivity index (χ0n) is 21.8. The molecule has 6 N–H and O–H groups in total. The van der Waals surface area contributed by atoms with Crippen molar-refractivity contribution in [2.45, 2.75) is 75.8 Å². The summed E-state index contributed by atoms with van der Waals surface area (Å²) in [6.45, 7) is 3.19. The molecule has 1 aliphatic heterocycles. The number of carbonyl (C=O) groups excluding carboxylic acids is 3. The number of phenolic OH excluding ortho intramolecular Hbond substituents is 2. The number of benzene rings is 2. The van der Waals surface area contributed by atoms with Crippen molar-refractivity contribution >= 4 is 17.3 Å². The highest BCUT2D eigenvalue weighted by atomic mass is 16.7. The molecule has 0 aromatic heterocycles. The van der Waals surface area contributed by atoms with Crippen LogP contribution in [0, 0.1) is 0 Å². The first-order chi connectivity index (χ1) is 18.4. The molecule has 0 amide bonds. The molecule has 0 unspecified atom stereocenters. The normalized spacial score (nSPS) is 29.8. The van der Waals surface area contributed by atoms with Gasteiger partial charge < -0.3 is 40.4 Å². The molecule has 5 rings (SSSR count). The molecule has 1 fully saturated rings. The first kappa shape index (κ1) is 27.2. The maximum atomic E-state index is 13.7. The van der Waals surface area contributed by atoms with Crippen LogP contribution in [0.3, 0.4) is 0 Å². The van der Waals surface area contributed by atoms with Gasteiger partial charge in [0, 0.05) is 48.4 Å². The van der Waals surface area contributed by atoms with E-state index < -0.39 is 82.6 Å². The lowest BCUT2D eigenvalue weighted by Crippen LogP contribution is -2.52. The van der Waals surface area contributed by atoms with E-state index in [1.165, 1.54) is 25.3 Å². The number of methoxy groups -OCH3 is 1. The number of carbonyl (C=O) groups is 3. The monoisotopic (exact) mass is 541 g/mol. The summed E-state index contributed by atoms with van der Waals surface area (Å²) in [6.07, 6.45) is -4.53. The fraction of sp³-hybridized carbons (Fsp3) is 0.464. The number of rotatable bonds is 5. The second-order valence-corrected chi connectivity index (χ2v) is 10.4. The van der Waals surface area contributed by atoms with Gasteiger partial charge >= 0.3 is 0 Å². The van der Waals surface area contributed by atoms with Crippen molar-refractivity contribution in [3.05, 3.63) is 51.6 Å². The van der Waals surface area contributed by atoms with E-state index in [2.05, 4.69) is 0 Å². The molecule has 0 bridgehead atoms. The van der Waals surface area contributed by atoms with Crippen molar-refractivity contribution in [1.82, 2.24) is 0 Å². The van der Waals surface area contributed by atoms with E-state index in [0.29, 0.717) is 0 Å². The van der Waals surface area contributed by atoms with Gasteiger partial charge in [-0.3, -0.25) is 14.4 Å². The van der Waals surface area contributed by atoms with Crippen molar-refractivity contribution in [3.63, 3.8) is 0 Å². The van der Waals surface area contributed by atoms with E-state index in [1.807, 2.05) is 0 Å². The molecule has 11 nitrogen and oxygen atoms in total. The van der Waals surface area contributed by atoms with Crippen LogP contribution in [0.2, 0.25) is 0 Å². The van der Waals surface area contributed by atoms with Crippen LogP contribution in [0.15, 0.2) is 18.2 Å². The van der Waals surface area contributed by atoms with Gasteiger partial charge in [0.2, 0.25) is 5.78 Å². The van der Waals surface area contributed by atoms with Gasteiger partial charge in [-0.1, -0.05) is 19.1 Å². The maximum Gasteiger partial charge on any atom is 0.202 e. The van der Waals surface area contributed by atoms with Crippen molar-refractivity contribution in [1.29, 1.82) is 0 Å². The van der Waals surface area contributed by atoms with Crippen LogP contribution in [0.1, 0.15) is 82.2 Å². The second-order valence-electron chi connectivity index (χ2n) is 10.4. The summed E-state index contributed by atoms with van der Waals surface area (Å²) in [5.41, 5.74) is 3.03. The van der Waals surface area contributed by atoms with E-state index in [9.17, 15) is 34.8 Å². The minimum absolute atomic E-state index is 0.0119. The fourth-order valence-corrected chi connectivity index (χ4v) is 5.93. The Kier molecular flexibility index (Phi) is 6.76. The van der Waals surface area contributed by atoms with Crippen LogP contribution in [-0.4, -0.2) is 75.0 Å². The molecule has 1 saturated heterocycles. The van der Waals surface area contributed by atoms with Crippen molar-refractivity contribution in [2.24, 2.45) is 5.73 Å². The standard InChI is InChI=1S/C28H31NO10/c1-4-17(30)28(36)9-13-20(16(10-28)39-18-8-14(29)23(31)11(2)38-18)27(35)22-21(25(13)33)24(32)12-6-5-7-15(37-3)19(12)26(22)34/h5-7,11,14,16,18,23,31,33,35-36H,4,8-10,29H2,1-3H3/t11-,14-,16-,18-,23-,28-/m0/s1. The van der Waals surface area contributed by atoms with Gasteiger partial charge in [0.25, 0.3) is 0 Å². The van der Waals surface area contributed by atoms with Gasteiger partial charge in [-0.15, -0.1) is 0 Å². The number of phenols is 2. The topological polar surface area (TPSA) is 186 Å². The van der Waals surface area contributed by atoms with Gasteiger partial charge in [-0.2, -0.15) is 0 Å². The van der Waals surface area contributed by atoms with Crippen LogP contribution in [0.25, 0.3) is 0 Å². The number of hydrogen-bond acceptors (Lipinski definition) is 11. The Morgan fingerprint density at radius 1 is 1.15 bits per heavy atom. The van der Waals surface area contributed by atoms with Gasteiger partial charge in [-0.25, -0.2) is 0 Å². The Hall–Kier alpha value is -3.35. The highest BCUT2D eigenvalue weighted by molar-refractivity contribution is 6.31. The molecule has 3 aliphatic rings. The molecule has 1 heterocycles. The molecule has 2 aliphatic carbocycles. The van der Waals surface area contributed by atoms with E-state index >= 15 is 0 Å². The smallest absolute Gasteiger partial charge is 0.202 e. The largest absolute Gasteiger partial charge is 0.507 e. The van der Waals surface area contributed by atoms with Gasteiger partial charge in [0.1, 0.15) is 22.8 Å². The third-order valence-corrected chi connectivity index (χ3v) is 7.98. The molecule has 2 aromatic rings. The van der Waals surface area contributed by atoms with Crippen LogP contribution >= 0.6 is 0 Å². The molecule has 208 valence electrons. The molecule has 0 saturated carbocycles.